The summed E-state index contributed by atoms with van der Waals surface area (Å²) in [4.78, 5) is 26.8. The molecule has 3 N–H and O–H groups in total. The van der Waals surface area contributed by atoms with Crippen LogP contribution in [0, 0.1) is 0 Å². The van der Waals surface area contributed by atoms with Gasteiger partial charge in [0, 0.05) is 0 Å². The largest absolute Gasteiger partial charge is 0.369 e. The van der Waals surface area contributed by atoms with Gasteiger partial charge in [-0.25, -0.2) is 9.87 Å². The average molecular weight is 457 g/mol. The van der Waals surface area contributed by atoms with Crippen LogP contribution < -0.4 is 11.3 Å². The lowest BCUT2D eigenvalue weighted by Gasteiger charge is -2.15. The Morgan fingerprint density at radius 2 is 2.00 bits per heavy atom. The molecule has 156 valence electrons. The minimum Gasteiger partial charge on any atom is -0.369 e. The summed E-state index contributed by atoms with van der Waals surface area (Å²) in [5.41, 5.74) is 5.81. The number of anilines is 1. The van der Waals surface area contributed by atoms with Crippen LogP contribution in [-0.4, -0.2) is 39.3 Å². The molecule has 3 rings (SSSR count). The quantitative estimate of drug-likeness (QED) is 0.204. The van der Waals surface area contributed by atoms with E-state index in [1.54, 1.807) is 4.57 Å². The monoisotopic (exact) mass is 457 g/mol. The number of H-pyrrole nitrogens is 1. The Kier molecular flexibility index (Phi) is 8.84. The highest BCUT2D eigenvalue weighted by Crippen LogP contribution is 2.32. The Balaban J connectivity index is 1.35. The summed E-state index contributed by atoms with van der Waals surface area (Å²) in [5, 5.41) is 0. The second-order valence-electron chi connectivity index (χ2n) is 5.21. The van der Waals surface area contributed by atoms with Gasteiger partial charge in [-0.1, -0.05) is 0 Å². The summed E-state index contributed by atoms with van der Waals surface area (Å²) >= 11 is 0. The highest BCUT2D eigenvalue weighted by molar-refractivity contribution is 7.29. The number of hydrogen-bond acceptors (Lipinski definition) is 12. The van der Waals surface area contributed by atoms with Crippen LogP contribution in [0.5, 0.6) is 0 Å². The van der Waals surface area contributed by atoms with Crippen molar-refractivity contribution in [3.8, 4) is 0 Å². The summed E-state index contributed by atoms with van der Waals surface area (Å²) in [6, 6.07) is 0. The first-order valence-corrected chi connectivity index (χ1v) is 10.2. The minimum atomic E-state index is -0.502. The number of fused-ring (bicyclic) bond motifs is 1. The van der Waals surface area contributed by atoms with Crippen molar-refractivity contribution in [1.29, 1.82) is 0 Å². The van der Waals surface area contributed by atoms with E-state index in [9.17, 15) is 4.79 Å². The molecule has 2 aromatic heterocycles. The second-order valence-corrected chi connectivity index (χ2v) is 6.83. The molecule has 1 aliphatic heterocycles. The molecule has 0 aliphatic carbocycles. The van der Waals surface area contributed by atoms with Crippen molar-refractivity contribution in [1.82, 2.24) is 19.5 Å². The molecule has 2 aromatic rings. The molecule has 1 aliphatic rings. The topological polar surface area (TPSA) is 163 Å². The molecule has 1 fully saturated rings. The van der Waals surface area contributed by atoms with E-state index < -0.39 is 18.1 Å². The molecule has 0 saturated carbocycles. The molecule has 3 heterocycles. The van der Waals surface area contributed by atoms with Gasteiger partial charge in [-0.2, -0.15) is 28.4 Å². The Labute approximate surface area is 163 Å². The number of aromatic amines is 1. The number of imidazole rings is 1. The molecule has 0 amide bonds. The number of nitrogens with one attached hydrogen (secondary N) is 1. The molecule has 14 nitrogen and oxygen atoms in total. The van der Waals surface area contributed by atoms with Crippen LogP contribution in [-0.2, 0) is 37.5 Å². The zero-order valence-corrected chi connectivity index (χ0v) is 17.4. The van der Waals surface area contributed by atoms with Crippen LogP contribution in [0.4, 0.5) is 5.95 Å². The third-order valence-corrected chi connectivity index (χ3v) is 4.97. The molecule has 0 radical (unpaired) electrons. The number of nitrogens with zero attached hydrogens (tertiary/aromatic N) is 3. The first kappa shape index (κ1) is 21.8. The SMILES string of the molecule is COOPOOPOOPOCC1CCC(n2cnc3c(=O)[nH]c(N)nc32)O1. The van der Waals surface area contributed by atoms with Gasteiger partial charge in [-0.05, 0) is 12.8 Å². The minimum absolute atomic E-state index is 0.0252. The van der Waals surface area contributed by atoms with Crippen LogP contribution in [0.2, 0.25) is 0 Å². The number of nitrogen functional groups attached to an aromatic ring is 1. The maximum absolute atomic E-state index is 11.8. The third-order valence-electron chi connectivity index (χ3n) is 3.51. The van der Waals surface area contributed by atoms with E-state index in [1.807, 2.05) is 0 Å². The maximum Gasteiger partial charge on any atom is 0.280 e. The lowest BCUT2D eigenvalue weighted by atomic mass is 10.2. The predicted molar refractivity (Wildman–Crippen MR) is 99.0 cm³/mol. The van der Waals surface area contributed by atoms with Crippen LogP contribution in [0.1, 0.15) is 19.1 Å². The average Bonchev–Trinajstić information content (AvgIpc) is 3.30. The Bertz CT molecular complexity index is 808. The van der Waals surface area contributed by atoms with E-state index in [0.29, 0.717) is 18.7 Å². The second kappa shape index (κ2) is 11.3. The molecule has 28 heavy (non-hydrogen) atoms. The zero-order valence-electron chi connectivity index (χ0n) is 14.4. The fourth-order valence-electron chi connectivity index (χ4n) is 2.45. The highest BCUT2D eigenvalue weighted by Gasteiger charge is 2.28. The van der Waals surface area contributed by atoms with Gasteiger partial charge in [0.25, 0.3) is 5.56 Å². The van der Waals surface area contributed by atoms with Gasteiger partial charge in [0.2, 0.25) is 24.0 Å². The fraction of sp³-hybridized carbons (Fsp3) is 0.545. The van der Waals surface area contributed by atoms with E-state index in [2.05, 4.69) is 33.9 Å². The van der Waals surface area contributed by atoms with E-state index in [0.717, 1.165) is 6.42 Å². The van der Waals surface area contributed by atoms with Crippen molar-refractivity contribution in [2.75, 3.05) is 19.5 Å². The first-order valence-electron chi connectivity index (χ1n) is 7.78. The zero-order chi connectivity index (χ0) is 19.8. The van der Waals surface area contributed by atoms with E-state index in [1.165, 1.54) is 13.4 Å². The lowest BCUT2D eigenvalue weighted by molar-refractivity contribution is -0.202. The molecule has 0 aromatic carbocycles. The van der Waals surface area contributed by atoms with Gasteiger partial charge in [-0.15, -0.1) is 0 Å². The smallest absolute Gasteiger partial charge is 0.280 e. The third kappa shape index (κ3) is 6.06. The summed E-state index contributed by atoms with van der Waals surface area (Å²) in [5.74, 6) is 0.0252. The van der Waals surface area contributed by atoms with Crippen LogP contribution >= 0.6 is 27.1 Å². The number of aromatic nitrogens is 4. The fourth-order valence-corrected chi connectivity index (χ4v) is 3.42. The Morgan fingerprint density at radius 1 is 1.25 bits per heavy atom. The molecular weight excluding hydrogens is 439 g/mol. The Hall–Kier alpha value is -0.880. The van der Waals surface area contributed by atoms with Crippen molar-refractivity contribution in [3.05, 3.63) is 16.7 Å². The molecule has 1 saturated heterocycles. The summed E-state index contributed by atoms with van der Waals surface area (Å²) in [6.07, 6.45) is 2.53. The number of hydrogen-bond donors (Lipinski definition) is 2. The summed E-state index contributed by atoms with van der Waals surface area (Å²) in [7, 11) is 0.0550. The van der Waals surface area contributed by atoms with Gasteiger partial charge >= 0.3 is 0 Å². The van der Waals surface area contributed by atoms with E-state index in [-0.39, 0.29) is 38.4 Å². The summed E-state index contributed by atoms with van der Waals surface area (Å²) < 4.78 is 36.0. The number of nitrogens with two attached hydrogens (primary N) is 1. The van der Waals surface area contributed by atoms with E-state index >= 15 is 0 Å². The molecule has 5 atom stereocenters. The van der Waals surface area contributed by atoms with Gasteiger partial charge in [-0.3, -0.25) is 14.3 Å². The Morgan fingerprint density at radius 3 is 2.79 bits per heavy atom. The van der Waals surface area contributed by atoms with Crippen molar-refractivity contribution < 1.29 is 37.5 Å². The van der Waals surface area contributed by atoms with Gasteiger partial charge in [0.05, 0.1) is 26.1 Å². The van der Waals surface area contributed by atoms with Gasteiger partial charge in [0.15, 0.2) is 20.2 Å². The van der Waals surface area contributed by atoms with Crippen molar-refractivity contribution >= 4 is 44.2 Å². The van der Waals surface area contributed by atoms with Crippen molar-refractivity contribution in [2.24, 2.45) is 0 Å². The van der Waals surface area contributed by atoms with Crippen LogP contribution in [0.25, 0.3) is 11.2 Å². The molecule has 17 heteroatoms. The van der Waals surface area contributed by atoms with Gasteiger partial charge < -0.3 is 15.0 Å². The normalized spacial score (nSPS) is 20.9. The predicted octanol–water partition coefficient (Wildman–Crippen LogP) is 1.40. The molecular formula is C11H18N5O9P3. The van der Waals surface area contributed by atoms with Crippen molar-refractivity contribution in [3.63, 3.8) is 0 Å². The lowest BCUT2D eigenvalue weighted by Crippen LogP contribution is -2.16. The molecule has 0 bridgehead atoms. The first-order chi connectivity index (χ1) is 13.7. The van der Waals surface area contributed by atoms with E-state index in [4.69, 9.17) is 24.3 Å². The number of rotatable bonds is 12. The van der Waals surface area contributed by atoms with Crippen LogP contribution in [0.3, 0.4) is 0 Å². The van der Waals surface area contributed by atoms with Gasteiger partial charge in [0.1, 0.15) is 6.23 Å². The standard InChI is InChI=1S/C11H18N5O9P3/c1-18-21-27-24-25-28-23-22-26-19-4-6-2-3-7(20-6)16-5-13-8-9(16)14-11(12)15-10(8)17/h5-7,26-28H,2-4H2,1H3,(H3,12,14,15,17). The summed E-state index contributed by atoms with van der Waals surface area (Å²) in [6.45, 7) is 0.310. The maximum atomic E-state index is 11.8. The van der Waals surface area contributed by atoms with Crippen molar-refractivity contribution in [2.45, 2.75) is 25.2 Å². The van der Waals surface area contributed by atoms with Crippen LogP contribution in [0.15, 0.2) is 11.1 Å². The number of ether oxygens (including phenoxy) is 1. The molecule has 5 unspecified atom stereocenters. The highest BCUT2D eigenvalue weighted by atomic mass is 31.1. The molecule has 0 spiro atoms.